The van der Waals surface area contributed by atoms with Crippen LogP contribution in [0.4, 0.5) is 0 Å². The van der Waals surface area contributed by atoms with E-state index in [4.69, 9.17) is 0 Å². The van der Waals surface area contributed by atoms with Crippen LogP contribution >= 0.6 is 0 Å². The van der Waals surface area contributed by atoms with Gasteiger partial charge >= 0.3 is 0 Å². The van der Waals surface area contributed by atoms with Crippen LogP contribution < -0.4 is 0 Å². The number of likely N-dealkylation sites (tertiary alicyclic amines) is 1. The van der Waals surface area contributed by atoms with Crippen LogP contribution in [-0.2, 0) is 10.0 Å². The van der Waals surface area contributed by atoms with Crippen LogP contribution in [0.25, 0.3) is 0 Å². The number of sulfonamides is 1. The molecule has 2 rings (SSSR count). The van der Waals surface area contributed by atoms with E-state index in [1.54, 1.807) is 4.31 Å². The van der Waals surface area contributed by atoms with Gasteiger partial charge in [0.05, 0.1) is 6.26 Å². The molecule has 0 unspecified atom stereocenters. The monoisotopic (exact) mass is 246 g/mol. The Hall–Kier alpha value is -0.130. The van der Waals surface area contributed by atoms with E-state index in [0.29, 0.717) is 0 Å². The SMILES string of the molecule is CCN1CCC2(CC1)CCN(S(C)(=O)=O)C2. The molecule has 0 aromatic carbocycles. The standard InChI is InChI=1S/C11H22N2O2S/c1-3-12-7-4-11(5-8-12)6-9-13(10-11)16(2,14)15/h3-10H2,1-2H3. The summed E-state index contributed by atoms with van der Waals surface area (Å²) >= 11 is 0. The van der Waals surface area contributed by atoms with Crippen molar-refractivity contribution in [2.75, 3.05) is 39.0 Å². The molecule has 0 bridgehead atoms. The van der Waals surface area contributed by atoms with Gasteiger partial charge in [-0.1, -0.05) is 6.92 Å². The van der Waals surface area contributed by atoms with Gasteiger partial charge in [0.1, 0.15) is 0 Å². The molecule has 0 radical (unpaired) electrons. The predicted molar refractivity (Wildman–Crippen MR) is 64.8 cm³/mol. The Kier molecular flexibility index (Phi) is 3.29. The van der Waals surface area contributed by atoms with E-state index in [-0.39, 0.29) is 5.41 Å². The molecule has 5 heteroatoms. The topological polar surface area (TPSA) is 40.6 Å². The Labute approximate surface area is 98.7 Å². The molecule has 0 N–H and O–H groups in total. The average Bonchev–Trinajstić information content (AvgIpc) is 2.63. The lowest BCUT2D eigenvalue weighted by Crippen LogP contribution is -2.41. The maximum absolute atomic E-state index is 11.5. The molecule has 94 valence electrons. The first kappa shape index (κ1) is 12.3. The number of piperidine rings is 1. The van der Waals surface area contributed by atoms with Crippen LogP contribution in [-0.4, -0.2) is 56.6 Å². The summed E-state index contributed by atoms with van der Waals surface area (Å²) in [4.78, 5) is 2.45. The van der Waals surface area contributed by atoms with E-state index < -0.39 is 10.0 Å². The lowest BCUT2D eigenvalue weighted by molar-refractivity contribution is 0.119. The first-order valence-corrected chi connectivity index (χ1v) is 7.97. The minimum absolute atomic E-state index is 0.286. The lowest BCUT2D eigenvalue weighted by atomic mass is 9.78. The molecule has 0 saturated carbocycles. The maximum atomic E-state index is 11.5. The highest BCUT2D eigenvalue weighted by molar-refractivity contribution is 7.88. The zero-order valence-corrected chi connectivity index (χ0v) is 11.1. The van der Waals surface area contributed by atoms with Crippen LogP contribution in [0.5, 0.6) is 0 Å². The molecule has 2 heterocycles. The Morgan fingerprint density at radius 2 is 1.69 bits per heavy atom. The molecule has 2 aliphatic rings. The maximum Gasteiger partial charge on any atom is 0.211 e. The van der Waals surface area contributed by atoms with Gasteiger partial charge in [-0.2, -0.15) is 0 Å². The summed E-state index contributed by atoms with van der Waals surface area (Å²) in [5.41, 5.74) is 0.286. The zero-order chi connectivity index (χ0) is 11.8. The third-order valence-corrected chi connectivity index (χ3v) is 5.49. The molecule has 0 aromatic rings. The van der Waals surface area contributed by atoms with Gasteiger partial charge in [-0.05, 0) is 44.3 Å². The Balaban J connectivity index is 1.98. The second kappa shape index (κ2) is 4.27. The molecule has 0 aromatic heterocycles. The van der Waals surface area contributed by atoms with Gasteiger partial charge in [0, 0.05) is 13.1 Å². The minimum atomic E-state index is -2.98. The van der Waals surface area contributed by atoms with Crippen molar-refractivity contribution in [1.29, 1.82) is 0 Å². The molecule has 0 atom stereocenters. The van der Waals surface area contributed by atoms with Crippen molar-refractivity contribution in [2.45, 2.75) is 26.2 Å². The highest BCUT2D eigenvalue weighted by Gasteiger charge is 2.42. The quantitative estimate of drug-likeness (QED) is 0.722. The summed E-state index contributed by atoms with van der Waals surface area (Å²) in [5.74, 6) is 0. The van der Waals surface area contributed by atoms with Gasteiger partial charge in [0.2, 0.25) is 10.0 Å². The summed E-state index contributed by atoms with van der Waals surface area (Å²) in [5, 5.41) is 0. The van der Waals surface area contributed by atoms with Crippen molar-refractivity contribution in [3.05, 3.63) is 0 Å². The molecule has 2 saturated heterocycles. The van der Waals surface area contributed by atoms with Crippen molar-refractivity contribution in [1.82, 2.24) is 9.21 Å². The Bertz CT molecular complexity index is 345. The normalized spacial score (nSPS) is 27.6. The summed E-state index contributed by atoms with van der Waals surface area (Å²) in [6.45, 7) is 7.05. The number of nitrogens with zero attached hydrogens (tertiary/aromatic N) is 2. The third kappa shape index (κ3) is 2.41. The molecule has 0 amide bonds. The number of rotatable bonds is 2. The molecular formula is C11H22N2O2S. The van der Waals surface area contributed by atoms with Crippen LogP contribution in [0, 0.1) is 5.41 Å². The average molecular weight is 246 g/mol. The highest BCUT2D eigenvalue weighted by Crippen LogP contribution is 2.40. The van der Waals surface area contributed by atoms with E-state index in [1.165, 1.54) is 6.26 Å². The molecule has 1 spiro atoms. The van der Waals surface area contributed by atoms with Gasteiger partial charge in [-0.3, -0.25) is 0 Å². The van der Waals surface area contributed by atoms with Gasteiger partial charge in [0.25, 0.3) is 0 Å². The Morgan fingerprint density at radius 1 is 1.12 bits per heavy atom. The van der Waals surface area contributed by atoms with Crippen molar-refractivity contribution >= 4 is 10.0 Å². The molecular weight excluding hydrogens is 224 g/mol. The van der Waals surface area contributed by atoms with E-state index in [1.807, 2.05) is 0 Å². The fourth-order valence-corrected chi connectivity index (χ4v) is 3.86. The largest absolute Gasteiger partial charge is 0.304 e. The van der Waals surface area contributed by atoms with E-state index in [2.05, 4.69) is 11.8 Å². The summed E-state index contributed by atoms with van der Waals surface area (Å²) in [7, 11) is -2.98. The van der Waals surface area contributed by atoms with Gasteiger partial charge in [-0.15, -0.1) is 0 Å². The minimum Gasteiger partial charge on any atom is -0.304 e. The van der Waals surface area contributed by atoms with Crippen molar-refractivity contribution in [3.63, 3.8) is 0 Å². The predicted octanol–water partition coefficient (Wildman–Crippen LogP) is 0.754. The van der Waals surface area contributed by atoms with E-state index in [0.717, 1.165) is 52.0 Å². The molecule has 0 aliphatic carbocycles. The lowest BCUT2D eigenvalue weighted by Gasteiger charge is -2.38. The first-order chi connectivity index (χ1) is 7.45. The van der Waals surface area contributed by atoms with Crippen molar-refractivity contribution < 1.29 is 8.42 Å². The van der Waals surface area contributed by atoms with Crippen LogP contribution in [0.1, 0.15) is 26.2 Å². The van der Waals surface area contributed by atoms with E-state index in [9.17, 15) is 8.42 Å². The summed E-state index contributed by atoms with van der Waals surface area (Å²) in [6.07, 6.45) is 4.70. The Morgan fingerprint density at radius 3 is 2.12 bits per heavy atom. The second-order valence-electron chi connectivity index (χ2n) is 5.28. The van der Waals surface area contributed by atoms with Gasteiger partial charge < -0.3 is 4.90 Å². The summed E-state index contributed by atoms with van der Waals surface area (Å²) in [6, 6.07) is 0. The number of hydrogen-bond acceptors (Lipinski definition) is 3. The molecule has 2 fully saturated rings. The van der Waals surface area contributed by atoms with Crippen LogP contribution in [0.15, 0.2) is 0 Å². The number of hydrogen-bond donors (Lipinski definition) is 0. The van der Waals surface area contributed by atoms with Gasteiger partial charge in [0.15, 0.2) is 0 Å². The zero-order valence-electron chi connectivity index (χ0n) is 10.3. The van der Waals surface area contributed by atoms with Crippen LogP contribution in [0.3, 0.4) is 0 Å². The van der Waals surface area contributed by atoms with E-state index >= 15 is 0 Å². The first-order valence-electron chi connectivity index (χ1n) is 6.13. The van der Waals surface area contributed by atoms with Crippen molar-refractivity contribution in [3.8, 4) is 0 Å². The van der Waals surface area contributed by atoms with Crippen LogP contribution in [0.2, 0.25) is 0 Å². The summed E-state index contributed by atoms with van der Waals surface area (Å²) < 4.78 is 24.7. The molecule has 16 heavy (non-hydrogen) atoms. The highest BCUT2D eigenvalue weighted by atomic mass is 32.2. The third-order valence-electron chi connectivity index (χ3n) is 4.24. The fraction of sp³-hybridized carbons (Fsp3) is 1.00. The second-order valence-corrected chi connectivity index (χ2v) is 7.26. The smallest absolute Gasteiger partial charge is 0.211 e. The van der Waals surface area contributed by atoms with Crippen molar-refractivity contribution in [2.24, 2.45) is 5.41 Å². The van der Waals surface area contributed by atoms with Gasteiger partial charge in [-0.25, -0.2) is 12.7 Å². The molecule has 4 nitrogen and oxygen atoms in total. The fourth-order valence-electron chi connectivity index (χ4n) is 2.93. The molecule has 2 aliphatic heterocycles.